The Hall–Kier alpha value is -2.27. The Morgan fingerprint density at radius 1 is 1.16 bits per heavy atom. The number of fused-ring (bicyclic) bond motifs is 1. The summed E-state index contributed by atoms with van der Waals surface area (Å²) in [7, 11) is 0. The number of nitrogens with zero attached hydrogens (tertiary/aromatic N) is 2. The lowest BCUT2D eigenvalue weighted by Crippen LogP contribution is -1.94. The molecule has 0 aliphatic heterocycles. The predicted octanol–water partition coefficient (Wildman–Crippen LogP) is 3.36. The minimum atomic E-state index is -0.943. The summed E-state index contributed by atoms with van der Waals surface area (Å²) in [5, 5.41) is 10.7. The Morgan fingerprint density at radius 3 is 2.68 bits per heavy atom. The summed E-state index contributed by atoms with van der Waals surface area (Å²) in [6, 6.07) is 11.6. The second-order valence-corrected chi connectivity index (χ2v) is 5.13. The largest absolute Gasteiger partial charge is 0.477 e. The predicted molar refractivity (Wildman–Crippen MR) is 74.5 cm³/mol. The maximum absolute atomic E-state index is 11.0. The molecule has 2 aromatic heterocycles. The lowest BCUT2D eigenvalue weighted by molar-refractivity contribution is 0.0701. The second kappa shape index (κ2) is 4.44. The number of rotatable bonds is 2. The number of carboxylic acids is 1. The van der Waals surface area contributed by atoms with E-state index >= 15 is 0 Å². The summed E-state index contributed by atoms with van der Waals surface area (Å²) in [6.45, 7) is 1.70. The lowest BCUT2D eigenvalue weighted by atomic mass is 10.2. The first kappa shape index (κ1) is 11.8. The zero-order valence-electron chi connectivity index (χ0n) is 10.1. The fourth-order valence-electron chi connectivity index (χ4n) is 1.89. The van der Waals surface area contributed by atoms with Gasteiger partial charge in [-0.15, -0.1) is 11.3 Å². The molecule has 0 aliphatic rings. The van der Waals surface area contributed by atoms with Crippen LogP contribution in [0.5, 0.6) is 0 Å². The van der Waals surface area contributed by atoms with E-state index in [1.54, 1.807) is 6.92 Å². The van der Waals surface area contributed by atoms with E-state index in [0.29, 0.717) is 16.4 Å². The molecule has 0 aliphatic carbocycles. The molecule has 0 bridgehead atoms. The molecule has 0 amide bonds. The van der Waals surface area contributed by atoms with Crippen LogP contribution in [0.15, 0.2) is 36.4 Å². The Labute approximate surface area is 113 Å². The molecule has 1 aromatic carbocycles. The molecule has 94 valence electrons. The van der Waals surface area contributed by atoms with E-state index in [1.807, 2.05) is 36.4 Å². The molecular formula is C14H10N2O2S. The van der Waals surface area contributed by atoms with Crippen LogP contribution < -0.4 is 0 Å². The number of pyridine rings is 1. The van der Waals surface area contributed by atoms with Crippen molar-refractivity contribution in [2.75, 3.05) is 0 Å². The van der Waals surface area contributed by atoms with Crippen LogP contribution in [0.3, 0.4) is 0 Å². The van der Waals surface area contributed by atoms with Gasteiger partial charge in [-0.25, -0.2) is 14.8 Å². The third-order valence-corrected chi connectivity index (χ3v) is 3.98. The van der Waals surface area contributed by atoms with Crippen molar-refractivity contribution in [3.05, 3.63) is 47.0 Å². The molecular weight excluding hydrogens is 260 g/mol. The average molecular weight is 270 g/mol. The summed E-state index contributed by atoms with van der Waals surface area (Å²) < 4.78 is 0. The monoisotopic (exact) mass is 270 g/mol. The highest BCUT2D eigenvalue weighted by molar-refractivity contribution is 7.17. The summed E-state index contributed by atoms with van der Waals surface area (Å²) in [5.74, 6) is -0.943. The Bertz CT molecular complexity index is 780. The quantitative estimate of drug-likeness (QED) is 0.775. The molecule has 0 unspecified atom stereocenters. The summed E-state index contributed by atoms with van der Waals surface area (Å²) >= 11 is 1.16. The smallest absolute Gasteiger partial charge is 0.347 e. The highest BCUT2D eigenvalue weighted by atomic mass is 32.1. The van der Waals surface area contributed by atoms with E-state index in [0.717, 1.165) is 22.2 Å². The minimum absolute atomic E-state index is 0.268. The van der Waals surface area contributed by atoms with Gasteiger partial charge in [-0.05, 0) is 19.1 Å². The first-order valence-electron chi connectivity index (χ1n) is 5.72. The fourth-order valence-corrected chi connectivity index (χ4v) is 2.76. The van der Waals surface area contributed by atoms with Gasteiger partial charge in [0.15, 0.2) is 0 Å². The van der Waals surface area contributed by atoms with Crippen LogP contribution in [0.4, 0.5) is 0 Å². The number of carbonyl (C=O) groups is 1. The van der Waals surface area contributed by atoms with Gasteiger partial charge < -0.3 is 5.11 Å². The van der Waals surface area contributed by atoms with Crippen LogP contribution >= 0.6 is 11.3 Å². The summed E-state index contributed by atoms with van der Waals surface area (Å²) in [6.07, 6.45) is 0. The summed E-state index contributed by atoms with van der Waals surface area (Å²) in [5.41, 5.74) is 2.12. The molecule has 0 radical (unpaired) electrons. The van der Waals surface area contributed by atoms with Gasteiger partial charge >= 0.3 is 5.97 Å². The van der Waals surface area contributed by atoms with Crippen molar-refractivity contribution < 1.29 is 9.90 Å². The lowest BCUT2D eigenvalue weighted by Gasteiger charge is -1.99. The van der Waals surface area contributed by atoms with Gasteiger partial charge in [-0.3, -0.25) is 0 Å². The van der Waals surface area contributed by atoms with Crippen molar-refractivity contribution in [1.82, 2.24) is 9.97 Å². The zero-order valence-corrected chi connectivity index (χ0v) is 10.9. The second-order valence-electron chi connectivity index (χ2n) is 4.13. The molecule has 19 heavy (non-hydrogen) atoms. The standard InChI is InChI=1S/C14H10N2O2S/c1-8-12(14(17)18)19-13(15-8)11-7-6-9-4-2-3-5-10(9)16-11/h2-7H,1H3,(H,17,18). The van der Waals surface area contributed by atoms with E-state index < -0.39 is 5.97 Å². The van der Waals surface area contributed by atoms with Gasteiger partial charge in [0, 0.05) is 5.39 Å². The first-order valence-corrected chi connectivity index (χ1v) is 6.53. The SMILES string of the molecule is Cc1nc(-c2ccc3ccccc3n2)sc1C(=O)O. The number of aryl methyl sites for hydroxylation is 1. The number of benzene rings is 1. The third kappa shape index (κ3) is 2.08. The molecule has 1 N–H and O–H groups in total. The van der Waals surface area contributed by atoms with Crippen LogP contribution in [0.25, 0.3) is 21.6 Å². The first-order chi connectivity index (χ1) is 9.15. The van der Waals surface area contributed by atoms with E-state index in [9.17, 15) is 4.79 Å². The number of carboxylic acid groups (broad SMARTS) is 1. The Morgan fingerprint density at radius 2 is 1.95 bits per heavy atom. The molecule has 2 heterocycles. The van der Waals surface area contributed by atoms with Crippen LogP contribution in [0.2, 0.25) is 0 Å². The summed E-state index contributed by atoms with van der Waals surface area (Å²) in [4.78, 5) is 20.1. The normalized spacial score (nSPS) is 10.8. The number of para-hydroxylation sites is 1. The van der Waals surface area contributed by atoms with Crippen molar-refractivity contribution in [3.8, 4) is 10.7 Å². The van der Waals surface area contributed by atoms with E-state index in [4.69, 9.17) is 5.11 Å². The van der Waals surface area contributed by atoms with E-state index in [-0.39, 0.29) is 4.88 Å². The minimum Gasteiger partial charge on any atom is -0.477 e. The molecule has 0 fully saturated rings. The molecule has 0 saturated carbocycles. The van der Waals surface area contributed by atoms with Crippen molar-refractivity contribution in [2.45, 2.75) is 6.92 Å². The van der Waals surface area contributed by atoms with Crippen LogP contribution in [0.1, 0.15) is 15.4 Å². The average Bonchev–Trinajstić information content (AvgIpc) is 2.80. The van der Waals surface area contributed by atoms with E-state index in [2.05, 4.69) is 9.97 Å². The van der Waals surface area contributed by atoms with Crippen molar-refractivity contribution in [2.24, 2.45) is 0 Å². The molecule has 3 rings (SSSR count). The number of hydrogen-bond donors (Lipinski definition) is 1. The van der Waals surface area contributed by atoms with Crippen molar-refractivity contribution in [1.29, 1.82) is 0 Å². The Balaban J connectivity index is 2.13. The molecule has 4 nitrogen and oxygen atoms in total. The maximum Gasteiger partial charge on any atom is 0.347 e. The highest BCUT2D eigenvalue weighted by Gasteiger charge is 2.15. The molecule has 0 saturated heterocycles. The van der Waals surface area contributed by atoms with Gasteiger partial charge in [0.25, 0.3) is 0 Å². The van der Waals surface area contributed by atoms with Crippen LogP contribution in [-0.4, -0.2) is 21.0 Å². The molecule has 0 spiro atoms. The van der Waals surface area contributed by atoms with Crippen molar-refractivity contribution in [3.63, 3.8) is 0 Å². The topological polar surface area (TPSA) is 63.1 Å². The van der Waals surface area contributed by atoms with Gasteiger partial charge in [0.1, 0.15) is 9.88 Å². The van der Waals surface area contributed by atoms with Crippen molar-refractivity contribution >= 4 is 28.2 Å². The molecule has 5 heteroatoms. The van der Waals surface area contributed by atoms with Gasteiger partial charge in [-0.2, -0.15) is 0 Å². The zero-order chi connectivity index (χ0) is 13.4. The van der Waals surface area contributed by atoms with Gasteiger partial charge in [-0.1, -0.05) is 24.3 Å². The van der Waals surface area contributed by atoms with Gasteiger partial charge in [0.2, 0.25) is 0 Å². The fraction of sp³-hybridized carbons (Fsp3) is 0.0714. The number of aromatic nitrogens is 2. The molecule has 0 atom stereocenters. The van der Waals surface area contributed by atoms with Crippen LogP contribution in [0, 0.1) is 6.92 Å². The number of aromatic carboxylic acids is 1. The number of hydrogen-bond acceptors (Lipinski definition) is 4. The maximum atomic E-state index is 11.0. The van der Waals surface area contributed by atoms with Crippen LogP contribution in [-0.2, 0) is 0 Å². The third-order valence-electron chi connectivity index (χ3n) is 2.81. The Kier molecular flexibility index (Phi) is 2.76. The van der Waals surface area contributed by atoms with E-state index in [1.165, 1.54) is 0 Å². The molecule has 3 aromatic rings. The van der Waals surface area contributed by atoms with Gasteiger partial charge in [0.05, 0.1) is 16.9 Å². The number of thiazole rings is 1. The highest BCUT2D eigenvalue weighted by Crippen LogP contribution is 2.27.